The van der Waals surface area contributed by atoms with Gasteiger partial charge in [0.25, 0.3) is 0 Å². The summed E-state index contributed by atoms with van der Waals surface area (Å²) in [7, 11) is 1.08. The van der Waals surface area contributed by atoms with Gasteiger partial charge >= 0.3 is 0 Å². The van der Waals surface area contributed by atoms with Gasteiger partial charge in [0, 0.05) is 31.2 Å². The number of rotatable bonds is 4. The molecule has 0 saturated heterocycles. The number of ether oxygens (including phenoxy) is 1. The average molecular weight is 395 g/mol. The van der Waals surface area contributed by atoms with Crippen LogP contribution in [0.1, 0.15) is 6.92 Å². The van der Waals surface area contributed by atoms with Crippen LogP contribution in [0.4, 0.5) is 0 Å². The molecule has 26 heavy (non-hydrogen) atoms. The zero-order valence-electron chi connectivity index (χ0n) is 15.9. The van der Waals surface area contributed by atoms with Crippen molar-refractivity contribution in [3.63, 3.8) is 0 Å². The predicted octanol–water partition coefficient (Wildman–Crippen LogP) is 6.54. The van der Waals surface area contributed by atoms with Crippen LogP contribution in [-0.4, -0.2) is 16.1 Å². The van der Waals surface area contributed by atoms with Crippen molar-refractivity contribution in [2.45, 2.75) is 20.0 Å². The van der Waals surface area contributed by atoms with Gasteiger partial charge in [0.05, 0.1) is 0 Å². The minimum atomic E-state index is 0. The van der Waals surface area contributed by atoms with Crippen LogP contribution in [0.5, 0.6) is 5.75 Å². The van der Waals surface area contributed by atoms with E-state index in [4.69, 9.17) is 4.74 Å². The van der Waals surface area contributed by atoms with Crippen molar-refractivity contribution in [3.05, 3.63) is 97.1 Å². The van der Waals surface area contributed by atoms with Gasteiger partial charge in [0.1, 0.15) is 12.4 Å². The number of para-hydroxylation sites is 1. The topological polar surface area (TPSA) is 9.23 Å². The third-order valence-corrected chi connectivity index (χ3v) is 3.08. The van der Waals surface area contributed by atoms with Crippen LogP contribution in [0.15, 0.2) is 97.1 Å². The van der Waals surface area contributed by atoms with E-state index in [1.807, 2.05) is 61.6 Å². The third kappa shape index (κ3) is 11.0. The Bertz CT molecular complexity index is 702. The Morgan fingerprint density at radius 3 is 2.23 bits per heavy atom. The van der Waals surface area contributed by atoms with E-state index in [9.17, 15) is 0 Å². The van der Waals surface area contributed by atoms with Gasteiger partial charge in [-0.2, -0.15) is 17.5 Å². The van der Waals surface area contributed by atoms with Crippen molar-refractivity contribution >= 4 is 20.3 Å². The zero-order valence-corrected chi connectivity index (χ0v) is 18.4. The van der Waals surface area contributed by atoms with Gasteiger partial charge in [-0.1, -0.05) is 55.6 Å². The molecular formula is C23H27OSiTi-. The van der Waals surface area contributed by atoms with Crippen molar-refractivity contribution < 1.29 is 26.5 Å². The molecule has 0 aliphatic heterocycles. The molecule has 0 heterocycles. The Kier molecular flexibility index (Phi) is 15.6. The molecule has 0 unspecified atom stereocenters. The fourth-order valence-corrected chi connectivity index (χ4v) is 1.98. The summed E-state index contributed by atoms with van der Waals surface area (Å²) in [4.78, 5) is 0. The first kappa shape index (κ1) is 24.3. The van der Waals surface area contributed by atoms with Crippen LogP contribution >= 0.6 is 0 Å². The van der Waals surface area contributed by atoms with Gasteiger partial charge in [0.2, 0.25) is 0 Å². The number of fused-ring (bicyclic) bond motifs is 1. The van der Waals surface area contributed by atoms with Crippen LogP contribution in [0.25, 0.3) is 10.8 Å². The van der Waals surface area contributed by atoms with E-state index in [1.165, 1.54) is 10.8 Å². The first-order valence-corrected chi connectivity index (χ1v) is 10.5. The van der Waals surface area contributed by atoms with Crippen molar-refractivity contribution in [1.82, 2.24) is 0 Å². The van der Waals surface area contributed by atoms with E-state index in [1.54, 1.807) is 0 Å². The van der Waals surface area contributed by atoms with E-state index >= 15 is 0 Å². The summed E-state index contributed by atoms with van der Waals surface area (Å²) in [6, 6.07) is 24.5. The Morgan fingerprint density at radius 1 is 0.923 bits per heavy atom. The summed E-state index contributed by atoms with van der Waals surface area (Å²) in [5.74, 6) is 0.910. The monoisotopic (exact) mass is 395 g/mol. The molecule has 0 atom stereocenters. The normalized spacial score (nSPS) is 9.81. The number of hydrogen-bond acceptors (Lipinski definition) is 1. The van der Waals surface area contributed by atoms with Gasteiger partial charge in [0.15, 0.2) is 0 Å². The minimum Gasteiger partial charge on any atom is -0.490 e. The summed E-state index contributed by atoms with van der Waals surface area (Å²) in [6.45, 7) is 6.91. The molecule has 1 nitrogen and oxygen atoms in total. The molecule has 3 heteroatoms. The molecule has 0 aliphatic rings. The Hall–Kier alpha value is -1.74. The third-order valence-electron chi connectivity index (χ3n) is 3.08. The summed E-state index contributed by atoms with van der Waals surface area (Å²) in [5.41, 5.74) is 0. The second-order valence-electron chi connectivity index (χ2n) is 5.23. The van der Waals surface area contributed by atoms with Gasteiger partial charge < -0.3 is 4.74 Å². The van der Waals surface area contributed by atoms with Gasteiger partial charge in [-0.05, 0) is 25.1 Å². The fraction of sp³-hybridized carbons (Fsp3) is 0.174. The summed E-state index contributed by atoms with van der Waals surface area (Å²) in [6.07, 6.45) is 7.92. The molecule has 134 valence electrons. The standard InChI is InChI=1S/C12H14O.C9H7.C2H6Si.Ti/c1-2-3-4-8-11-13-12-9-6-5-7-10-12;1-2-5-9-7-3-6-8(9)4-1;1-3-2;/h2-10H,11H2,1H3;1-7H;1-2H3;/q;-1;;. The maximum atomic E-state index is 5.43. The minimum absolute atomic E-state index is 0. The van der Waals surface area contributed by atoms with Crippen LogP contribution in [0, 0.1) is 0 Å². The molecule has 0 aliphatic carbocycles. The molecule has 0 N–H and O–H groups in total. The zero-order chi connectivity index (χ0) is 18.2. The summed E-state index contributed by atoms with van der Waals surface area (Å²) < 4.78 is 5.43. The molecule has 2 radical (unpaired) electrons. The molecule has 0 saturated carbocycles. The van der Waals surface area contributed by atoms with Crippen LogP contribution in [-0.2, 0) is 21.7 Å². The molecular weight excluding hydrogens is 368 g/mol. The van der Waals surface area contributed by atoms with Crippen molar-refractivity contribution in [3.8, 4) is 5.75 Å². The molecule has 0 fully saturated rings. The number of benzene rings is 2. The van der Waals surface area contributed by atoms with E-state index in [-0.39, 0.29) is 21.7 Å². The van der Waals surface area contributed by atoms with E-state index in [0.29, 0.717) is 6.61 Å². The first-order valence-electron chi connectivity index (χ1n) is 8.46. The Labute approximate surface area is 175 Å². The predicted molar refractivity (Wildman–Crippen MR) is 113 cm³/mol. The quantitative estimate of drug-likeness (QED) is 0.277. The van der Waals surface area contributed by atoms with E-state index < -0.39 is 0 Å². The van der Waals surface area contributed by atoms with Crippen LogP contribution < -0.4 is 4.74 Å². The fourth-order valence-electron chi connectivity index (χ4n) is 1.98. The molecule has 3 rings (SSSR count). The van der Waals surface area contributed by atoms with Crippen molar-refractivity contribution in [1.29, 1.82) is 0 Å². The van der Waals surface area contributed by atoms with Crippen molar-refractivity contribution in [2.75, 3.05) is 6.61 Å². The smallest absolute Gasteiger partial charge is 0.119 e. The van der Waals surface area contributed by atoms with Gasteiger partial charge in [-0.25, -0.2) is 0 Å². The maximum absolute atomic E-state index is 5.43. The Morgan fingerprint density at radius 2 is 1.58 bits per heavy atom. The maximum Gasteiger partial charge on any atom is 0.119 e. The van der Waals surface area contributed by atoms with E-state index in [2.05, 4.69) is 55.6 Å². The molecule has 0 aromatic heterocycles. The summed E-state index contributed by atoms with van der Waals surface area (Å²) >= 11 is 0. The van der Waals surface area contributed by atoms with Crippen LogP contribution in [0.3, 0.4) is 0 Å². The molecule has 0 bridgehead atoms. The second-order valence-corrected chi connectivity index (χ2v) is 6.23. The molecule has 3 aromatic carbocycles. The average Bonchev–Trinajstić information content (AvgIpc) is 3.12. The van der Waals surface area contributed by atoms with Gasteiger partial charge in [-0.15, -0.1) is 29.7 Å². The first-order chi connectivity index (χ1) is 12.3. The molecule has 0 amide bonds. The number of hydrogen-bond donors (Lipinski definition) is 0. The largest absolute Gasteiger partial charge is 0.490 e. The molecule has 3 aromatic rings. The second kappa shape index (κ2) is 16.7. The van der Waals surface area contributed by atoms with Crippen molar-refractivity contribution in [2.24, 2.45) is 0 Å². The van der Waals surface area contributed by atoms with Crippen LogP contribution in [0.2, 0.25) is 13.1 Å². The SMILES string of the molecule is CC=CC=CCOc1ccccc1.C[Si]C.[Ti].c1ccc2[cH-]ccc2c1. The van der Waals surface area contributed by atoms with Gasteiger partial charge in [-0.3, -0.25) is 0 Å². The Balaban J connectivity index is 0.000000419. The number of allylic oxidation sites excluding steroid dienone is 3. The summed E-state index contributed by atoms with van der Waals surface area (Å²) in [5, 5.41) is 2.66. The molecule has 0 spiro atoms. The van der Waals surface area contributed by atoms with E-state index in [0.717, 1.165) is 15.3 Å².